The lowest BCUT2D eigenvalue weighted by atomic mass is 10.1. The Morgan fingerprint density at radius 1 is 1.18 bits per heavy atom. The Balaban J connectivity index is 1.78. The zero-order valence-corrected chi connectivity index (χ0v) is 11.7. The van der Waals surface area contributed by atoms with E-state index < -0.39 is 17.7 Å². The van der Waals surface area contributed by atoms with Crippen molar-refractivity contribution in [2.24, 2.45) is 0 Å². The molecule has 3 aromatic rings. The molecule has 3 rings (SSSR count). The number of nitrogens with one attached hydrogen (secondary N) is 2. The third kappa shape index (κ3) is 2.67. The Morgan fingerprint density at radius 3 is 2.77 bits per heavy atom. The molecule has 1 heterocycles. The van der Waals surface area contributed by atoms with Gasteiger partial charge in [0.15, 0.2) is 11.6 Å². The predicted molar refractivity (Wildman–Crippen MR) is 78.3 cm³/mol. The smallest absolute Gasteiger partial charge is 0.251 e. The molecule has 0 saturated heterocycles. The summed E-state index contributed by atoms with van der Waals surface area (Å²) >= 11 is 0. The van der Waals surface area contributed by atoms with Gasteiger partial charge < -0.3 is 10.3 Å². The van der Waals surface area contributed by atoms with Crippen molar-refractivity contribution in [3.05, 3.63) is 65.5 Å². The van der Waals surface area contributed by atoms with Gasteiger partial charge in [0.1, 0.15) is 0 Å². The fraction of sp³-hybridized carbons (Fsp3) is 0.125. The Hall–Kier alpha value is -2.76. The maximum Gasteiger partial charge on any atom is 0.251 e. The molecule has 0 radical (unpaired) electrons. The number of carbonyl (C=O) groups is 1. The monoisotopic (exact) mass is 301 g/mol. The first-order chi connectivity index (χ1) is 10.5. The first-order valence-corrected chi connectivity index (χ1v) is 6.73. The first-order valence-electron chi connectivity index (χ1n) is 6.73. The molecule has 1 amide bonds. The second kappa shape index (κ2) is 5.55. The first kappa shape index (κ1) is 14.2. The molecule has 1 aromatic heterocycles. The standard InChI is InChI=1S/C16H13F2N3O/c1-9(10-2-4-12(17)13(18)6-10)21-16(22)11-3-5-14-15(7-11)20-8-19-14/h2-9H,1H3,(H,19,20)(H,21,22)/t9-/m1/s1. The van der Waals surface area contributed by atoms with Crippen LogP contribution in [0.3, 0.4) is 0 Å². The van der Waals surface area contributed by atoms with Gasteiger partial charge in [0, 0.05) is 5.56 Å². The number of fused-ring (bicyclic) bond motifs is 1. The van der Waals surface area contributed by atoms with Crippen LogP contribution >= 0.6 is 0 Å². The van der Waals surface area contributed by atoms with Gasteiger partial charge in [-0.25, -0.2) is 13.8 Å². The summed E-state index contributed by atoms with van der Waals surface area (Å²) in [6, 6.07) is 8.22. The minimum atomic E-state index is -0.933. The number of halogens is 2. The summed E-state index contributed by atoms with van der Waals surface area (Å²) in [5.41, 5.74) is 2.49. The molecule has 22 heavy (non-hydrogen) atoms. The van der Waals surface area contributed by atoms with Gasteiger partial charge in [-0.05, 0) is 42.8 Å². The van der Waals surface area contributed by atoms with Gasteiger partial charge >= 0.3 is 0 Å². The van der Waals surface area contributed by atoms with E-state index in [1.54, 1.807) is 31.5 Å². The average molecular weight is 301 g/mol. The summed E-state index contributed by atoms with van der Waals surface area (Å²) < 4.78 is 26.2. The highest BCUT2D eigenvalue weighted by atomic mass is 19.2. The number of benzene rings is 2. The molecule has 6 heteroatoms. The van der Waals surface area contributed by atoms with Gasteiger partial charge in [0.05, 0.1) is 23.4 Å². The van der Waals surface area contributed by atoms with E-state index in [4.69, 9.17) is 0 Å². The number of amides is 1. The van der Waals surface area contributed by atoms with E-state index >= 15 is 0 Å². The lowest BCUT2D eigenvalue weighted by molar-refractivity contribution is 0.0940. The highest BCUT2D eigenvalue weighted by molar-refractivity contribution is 5.97. The van der Waals surface area contributed by atoms with Crippen molar-refractivity contribution >= 4 is 16.9 Å². The zero-order chi connectivity index (χ0) is 15.7. The van der Waals surface area contributed by atoms with Crippen LogP contribution in [0.25, 0.3) is 11.0 Å². The highest BCUT2D eigenvalue weighted by Crippen LogP contribution is 2.17. The van der Waals surface area contributed by atoms with E-state index in [1.165, 1.54) is 6.07 Å². The van der Waals surface area contributed by atoms with Crippen molar-refractivity contribution in [2.45, 2.75) is 13.0 Å². The van der Waals surface area contributed by atoms with E-state index in [0.717, 1.165) is 23.2 Å². The van der Waals surface area contributed by atoms with Crippen molar-refractivity contribution in [1.82, 2.24) is 15.3 Å². The van der Waals surface area contributed by atoms with E-state index in [9.17, 15) is 13.6 Å². The molecule has 112 valence electrons. The summed E-state index contributed by atoms with van der Waals surface area (Å²) in [5.74, 6) is -2.14. The van der Waals surface area contributed by atoms with Crippen LogP contribution in [0.2, 0.25) is 0 Å². The SMILES string of the molecule is C[C@@H](NC(=O)c1ccc2nc[nH]c2c1)c1ccc(F)c(F)c1. The lowest BCUT2D eigenvalue weighted by Gasteiger charge is -2.14. The van der Waals surface area contributed by atoms with Crippen LogP contribution in [-0.2, 0) is 0 Å². The number of hydrogen-bond acceptors (Lipinski definition) is 2. The minimum absolute atomic E-state index is 0.297. The number of aromatic amines is 1. The Morgan fingerprint density at radius 2 is 2.00 bits per heavy atom. The number of aromatic nitrogens is 2. The van der Waals surface area contributed by atoms with E-state index in [0.29, 0.717) is 11.1 Å². The topological polar surface area (TPSA) is 57.8 Å². The Bertz CT molecular complexity index is 844. The highest BCUT2D eigenvalue weighted by Gasteiger charge is 2.14. The molecule has 2 aromatic carbocycles. The number of nitrogens with zero attached hydrogens (tertiary/aromatic N) is 1. The summed E-state index contributed by atoms with van der Waals surface area (Å²) in [6.07, 6.45) is 1.55. The fourth-order valence-corrected chi connectivity index (χ4v) is 2.22. The fourth-order valence-electron chi connectivity index (χ4n) is 2.22. The number of rotatable bonds is 3. The van der Waals surface area contributed by atoms with Crippen LogP contribution < -0.4 is 5.32 Å². The van der Waals surface area contributed by atoms with Crippen molar-refractivity contribution in [3.8, 4) is 0 Å². The van der Waals surface area contributed by atoms with Crippen LogP contribution in [-0.4, -0.2) is 15.9 Å². The molecular weight excluding hydrogens is 288 g/mol. The lowest BCUT2D eigenvalue weighted by Crippen LogP contribution is -2.26. The van der Waals surface area contributed by atoms with Gasteiger partial charge in [0.25, 0.3) is 5.91 Å². The van der Waals surface area contributed by atoms with Gasteiger partial charge in [-0.1, -0.05) is 6.07 Å². The molecule has 0 spiro atoms. The molecule has 0 saturated carbocycles. The number of H-pyrrole nitrogens is 1. The van der Waals surface area contributed by atoms with Crippen molar-refractivity contribution < 1.29 is 13.6 Å². The Kier molecular flexibility index (Phi) is 3.58. The number of carbonyl (C=O) groups excluding carboxylic acids is 1. The van der Waals surface area contributed by atoms with Crippen molar-refractivity contribution in [2.75, 3.05) is 0 Å². The van der Waals surface area contributed by atoms with Gasteiger partial charge in [-0.2, -0.15) is 0 Å². The summed E-state index contributed by atoms with van der Waals surface area (Å²) in [6.45, 7) is 1.71. The molecule has 0 aliphatic heterocycles. The maximum atomic E-state index is 13.2. The van der Waals surface area contributed by atoms with Gasteiger partial charge in [0.2, 0.25) is 0 Å². The van der Waals surface area contributed by atoms with Gasteiger partial charge in [-0.15, -0.1) is 0 Å². The molecule has 0 bridgehead atoms. The van der Waals surface area contributed by atoms with E-state index in [-0.39, 0.29) is 5.91 Å². The molecule has 0 aliphatic carbocycles. The summed E-state index contributed by atoms with van der Waals surface area (Å²) in [4.78, 5) is 19.2. The maximum absolute atomic E-state index is 13.2. The van der Waals surface area contributed by atoms with Gasteiger partial charge in [-0.3, -0.25) is 4.79 Å². The second-order valence-electron chi connectivity index (χ2n) is 5.00. The van der Waals surface area contributed by atoms with E-state index in [1.807, 2.05) is 0 Å². The molecule has 1 atom stereocenters. The van der Waals surface area contributed by atoms with Crippen LogP contribution in [0.5, 0.6) is 0 Å². The summed E-state index contributed by atoms with van der Waals surface area (Å²) in [5, 5.41) is 2.75. The van der Waals surface area contributed by atoms with Crippen molar-refractivity contribution in [1.29, 1.82) is 0 Å². The quantitative estimate of drug-likeness (QED) is 0.779. The molecule has 0 unspecified atom stereocenters. The molecule has 0 fully saturated rings. The molecule has 4 nitrogen and oxygen atoms in total. The number of imidazole rings is 1. The second-order valence-corrected chi connectivity index (χ2v) is 5.00. The zero-order valence-electron chi connectivity index (χ0n) is 11.7. The van der Waals surface area contributed by atoms with Crippen LogP contribution in [0.15, 0.2) is 42.7 Å². The molecular formula is C16H13F2N3O. The van der Waals surface area contributed by atoms with E-state index in [2.05, 4.69) is 15.3 Å². The number of hydrogen-bond donors (Lipinski definition) is 2. The third-order valence-corrected chi connectivity index (χ3v) is 3.47. The van der Waals surface area contributed by atoms with Crippen molar-refractivity contribution in [3.63, 3.8) is 0 Å². The minimum Gasteiger partial charge on any atom is -0.346 e. The van der Waals surface area contributed by atoms with Crippen LogP contribution in [0.1, 0.15) is 28.9 Å². The largest absolute Gasteiger partial charge is 0.346 e. The average Bonchev–Trinajstić information content (AvgIpc) is 2.97. The predicted octanol–water partition coefficient (Wildman–Crippen LogP) is 3.33. The van der Waals surface area contributed by atoms with Crippen LogP contribution in [0, 0.1) is 11.6 Å². The normalized spacial score (nSPS) is 12.3. The molecule has 2 N–H and O–H groups in total. The molecule has 0 aliphatic rings. The Labute approximate surface area is 125 Å². The van der Waals surface area contributed by atoms with Crippen LogP contribution in [0.4, 0.5) is 8.78 Å². The third-order valence-electron chi connectivity index (χ3n) is 3.47. The summed E-state index contributed by atoms with van der Waals surface area (Å²) in [7, 11) is 0.